The molecule has 0 fully saturated rings. The molecular formula is C10H11O3. The van der Waals surface area contributed by atoms with Gasteiger partial charge in [0.2, 0.25) is 0 Å². The lowest BCUT2D eigenvalue weighted by Gasteiger charge is -2.04. The second kappa shape index (κ2) is 5.19. The Hall–Kier alpha value is -1.51. The molecule has 0 saturated carbocycles. The predicted molar refractivity (Wildman–Crippen MR) is 48.3 cm³/mol. The molecule has 0 aliphatic heterocycles. The Balaban J connectivity index is 2.28. The van der Waals surface area contributed by atoms with Crippen molar-refractivity contribution in [1.29, 1.82) is 0 Å². The highest BCUT2D eigenvalue weighted by molar-refractivity contribution is 5.38. The Kier molecular flexibility index (Phi) is 3.82. The third-order valence-corrected chi connectivity index (χ3v) is 1.53. The summed E-state index contributed by atoms with van der Waals surface area (Å²) in [4.78, 5) is 9.66. The lowest BCUT2D eigenvalue weighted by atomic mass is 10.2. The molecule has 1 radical (unpaired) electrons. The summed E-state index contributed by atoms with van der Waals surface area (Å²) in [6.45, 7) is 3.93. The van der Waals surface area contributed by atoms with Crippen molar-refractivity contribution in [3.63, 3.8) is 0 Å². The minimum absolute atomic E-state index is 0.234. The standard InChI is InChI=1S/C10H11O3/c1-9-2-4-10(5-3-9)13-7-6-12-8-11/h2-5H,6-7H2,1H3. The van der Waals surface area contributed by atoms with Crippen LogP contribution in [-0.2, 0) is 9.53 Å². The fourth-order valence-electron chi connectivity index (χ4n) is 0.877. The van der Waals surface area contributed by atoms with E-state index in [4.69, 9.17) is 4.74 Å². The minimum Gasteiger partial charge on any atom is -0.490 e. The molecule has 0 amide bonds. The van der Waals surface area contributed by atoms with Gasteiger partial charge in [-0.2, -0.15) is 0 Å². The number of carbonyl (C=O) groups excluding carboxylic acids is 1. The molecule has 0 aliphatic rings. The highest BCUT2D eigenvalue weighted by atomic mass is 16.5. The van der Waals surface area contributed by atoms with Crippen LogP contribution in [0.1, 0.15) is 5.56 Å². The van der Waals surface area contributed by atoms with Gasteiger partial charge in [-0.25, -0.2) is 4.79 Å². The SMILES string of the molecule is Cc1ccc(OCCO[C]=O)cc1. The molecular weight excluding hydrogens is 168 g/mol. The first-order valence-electron chi connectivity index (χ1n) is 4.01. The molecule has 0 aliphatic carbocycles. The summed E-state index contributed by atoms with van der Waals surface area (Å²) < 4.78 is 9.61. The second-order valence-electron chi connectivity index (χ2n) is 2.59. The second-order valence-corrected chi connectivity index (χ2v) is 2.59. The maximum atomic E-state index is 9.66. The van der Waals surface area contributed by atoms with Crippen LogP contribution < -0.4 is 4.74 Å². The molecule has 3 nitrogen and oxygen atoms in total. The summed E-state index contributed by atoms with van der Waals surface area (Å²) in [6.07, 6.45) is 0. The van der Waals surface area contributed by atoms with Crippen LogP contribution in [0.25, 0.3) is 0 Å². The average molecular weight is 179 g/mol. The summed E-state index contributed by atoms with van der Waals surface area (Å²) in [5.74, 6) is 0.778. The van der Waals surface area contributed by atoms with Gasteiger partial charge in [0.05, 0.1) is 0 Å². The molecule has 0 heterocycles. The summed E-state index contributed by atoms with van der Waals surface area (Å²) in [7, 11) is 0. The van der Waals surface area contributed by atoms with Gasteiger partial charge >= 0.3 is 6.47 Å². The summed E-state index contributed by atoms with van der Waals surface area (Å²) >= 11 is 0. The molecule has 0 saturated heterocycles. The van der Waals surface area contributed by atoms with Gasteiger partial charge in [-0.3, -0.25) is 0 Å². The Morgan fingerprint density at radius 1 is 1.23 bits per heavy atom. The van der Waals surface area contributed by atoms with E-state index in [1.54, 1.807) is 0 Å². The molecule has 0 N–H and O–H groups in total. The number of hydrogen-bond donors (Lipinski definition) is 0. The van der Waals surface area contributed by atoms with Crippen LogP contribution >= 0.6 is 0 Å². The van der Waals surface area contributed by atoms with E-state index in [0.717, 1.165) is 5.75 Å². The molecule has 69 valence electrons. The summed E-state index contributed by atoms with van der Waals surface area (Å²) in [5.41, 5.74) is 1.19. The van der Waals surface area contributed by atoms with Gasteiger partial charge in [0, 0.05) is 0 Å². The van der Waals surface area contributed by atoms with Crippen LogP contribution in [0.15, 0.2) is 24.3 Å². The fraction of sp³-hybridized carbons (Fsp3) is 0.300. The first-order valence-corrected chi connectivity index (χ1v) is 4.01. The molecule has 1 rings (SSSR count). The van der Waals surface area contributed by atoms with Crippen molar-refractivity contribution in [3.8, 4) is 5.75 Å². The minimum atomic E-state index is 0.234. The summed E-state index contributed by atoms with van der Waals surface area (Å²) in [5, 5.41) is 0. The number of aryl methyl sites for hydroxylation is 1. The molecule has 0 spiro atoms. The van der Waals surface area contributed by atoms with Crippen molar-refractivity contribution in [1.82, 2.24) is 0 Å². The van der Waals surface area contributed by atoms with Crippen LogP contribution in [-0.4, -0.2) is 19.7 Å². The highest BCUT2D eigenvalue weighted by Crippen LogP contribution is 2.10. The zero-order chi connectivity index (χ0) is 9.52. The van der Waals surface area contributed by atoms with E-state index >= 15 is 0 Å². The van der Waals surface area contributed by atoms with Crippen molar-refractivity contribution in [3.05, 3.63) is 29.8 Å². The van der Waals surface area contributed by atoms with E-state index in [1.807, 2.05) is 31.2 Å². The van der Waals surface area contributed by atoms with Gasteiger partial charge in [0.15, 0.2) is 0 Å². The Bertz CT molecular complexity index is 253. The fourth-order valence-corrected chi connectivity index (χ4v) is 0.877. The smallest absolute Gasteiger partial charge is 0.417 e. The van der Waals surface area contributed by atoms with E-state index < -0.39 is 0 Å². The first-order chi connectivity index (χ1) is 6.33. The number of ether oxygens (including phenoxy) is 2. The molecule has 1 aromatic carbocycles. The van der Waals surface area contributed by atoms with Crippen LogP contribution in [0.5, 0.6) is 5.75 Å². The van der Waals surface area contributed by atoms with Gasteiger partial charge in [-0.15, -0.1) is 0 Å². The van der Waals surface area contributed by atoms with E-state index in [1.165, 1.54) is 12.0 Å². The quantitative estimate of drug-likeness (QED) is 0.642. The van der Waals surface area contributed by atoms with Gasteiger partial charge < -0.3 is 9.47 Å². The maximum Gasteiger partial charge on any atom is 0.417 e. The van der Waals surface area contributed by atoms with Crippen LogP contribution in [0.4, 0.5) is 0 Å². The largest absolute Gasteiger partial charge is 0.490 e. The zero-order valence-electron chi connectivity index (χ0n) is 7.45. The van der Waals surface area contributed by atoms with Crippen molar-refractivity contribution in [2.24, 2.45) is 0 Å². The van der Waals surface area contributed by atoms with Gasteiger partial charge in [-0.1, -0.05) is 17.7 Å². The molecule has 0 aromatic heterocycles. The van der Waals surface area contributed by atoms with Crippen LogP contribution in [0.2, 0.25) is 0 Å². The topological polar surface area (TPSA) is 35.5 Å². The molecule has 0 atom stereocenters. The third kappa shape index (κ3) is 3.60. The van der Waals surface area contributed by atoms with Crippen LogP contribution in [0.3, 0.4) is 0 Å². The zero-order valence-corrected chi connectivity index (χ0v) is 7.45. The van der Waals surface area contributed by atoms with Gasteiger partial charge in [-0.05, 0) is 19.1 Å². The number of hydrogen-bond acceptors (Lipinski definition) is 3. The van der Waals surface area contributed by atoms with E-state index in [-0.39, 0.29) is 6.61 Å². The number of benzene rings is 1. The Morgan fingerprint density at radius 2 is 1.92 bits per heavy atom. The van der Waals surface area contributed by atoms with Crippen molar-refractivity contribution in [2.45, 2.75) is 6.92 Å². The lowest BCUT2D eigenvalue weighted by Crippen LogP contribution is -2.05. The Labute approximate surface area is 77.3 Å². The number of rotatable bonds is 5. The molecule has 13 heavy (non-hydrogen) atoms. The van der Waals surface area contributed by atoms with Crippen molar-refractivity contribution < 1.29 is 14.3 Å². The van der Waals surface area contributed by atoms with E-state index in [0.29, 0.717) is 6.61 Å². The Morgan fingerprint density at radius 3 is 2.54 bits per heavy atom. The van der Waals surface area contributed by atoms with Crippen molar-refractivity contribution in [2.75, 3.05) is 13.2 Å². The van der Waals surface area contributed by atoms with Gasteiger partial charge in [0.1, 0.15) is 19.0 Å². The lowest BCUT2D eigenvalue weighted by molar-refractivity contribution is 0.200. The van der Waals surface area contributed by atoms with Crippen LogP contribution in [0, 0.1) is 6.92 Å². The first kappa shape index (κ1) is 9.58. The third-order valence-electron chi connectivity index (χ3n) is 1.53. The normalized spacial score (nSPS) is 9.31. The predicted octanol–water partition coefficient (Wildman–Crippen LogP) is 1.46. The van der Waals surface area contributed by atoms with Gasteiger partial charge in [0.25, 0.3) is 0 Å². The van der Waals surface area contributed by atoms with E-state index in [2.05, 4.69) is 4.74 Å². The molecule has 0 bridgehead atoms. The van der Waals surface area contributed by atoms with Crippen molar-refractivity contribution >= 4 is 6.47 Å². The molecule has 0 unspecified atom stereocenters. The molecule has 1 aromatic rings. The monoisotopic (exact) mass is 179 g/mol. The summed E-state index contributed by atoms with van der Waals surface area (Å²) in [6, 6.07) is 7.67. The maximum absolute atomic E-state index is 9.66. The highest BCUT2D eigenvalue weighted by Gasteiger charge is 1.92. The molecule has 3 heteroatoms. The van der Waals surface area contributed by atoms with E-state index in [9.17, 15) is 4.79 Å². The average Bonchev–Trinajstić information content (AvgIpc) is 2.15.